The Bertz CT molecular complexity index is 929. The highest BCUT2D eigenvalue weighted by atomic mass is 16.6. The average molecular weight is 453 g/mol. The van der Waals surface area contributed by atoms with Gasteiger partial charge in [-0.05, 0) is 61.6 Å². The Balaban J connectivity index is 1.78. The number of hydrogen-bond donors (Lipinski definition) is 2. The Morgan fingerprint density at radius 3 is 2.55 bits per heavy atom. The van der Waals surface area contributed by atoms with Crippen molar-refractivity contribution in [2.45, 2.75) is 71.0 Å². The zero-order valence-corrected chi connectivity index (χ0v) is 19.9. The number of carbonyl (C=O) groups is 2. The Morgan fingerprint density at radius 2 is 1.85 bits per heavy atom. The number of aliphatic hydroxyl groups is 1. The second-order valence-corrected chi connectivity index (χ2v) is 9.41. The van der Waals surface area contributed by atoms with E-state index in [9.17, 15) is 14.7 Å². The van der Waals surface area contributed by atoms with E-state index in [0.717, 1.165) is 42.5 Å². The lowest BCUT2D eigenvalue weighted by Crippen LogP contribution is -2.38. The van der Waals surface area contributed by atoms with Gasteiger partial charge in [0.05, 0.1) is 11.7 Å². The van der Waals surface area contributed by atoms with Crippen molar-refractivity contribution in [1.82, 2.24) is 10.3 Å². The van der Waals surface area contributed by atoms with Crippen molar-refractivity contribution in [3.05, 3.63) is 65.0 Å². The van der Waals surface area contributed by atoms with Crippen LogP contribution in [0.5, 0.6) is 0 Å². The van der Waals surface area contributed by atoms with Crippen LogP contribution in [0.1, 0.15) is 66.7 Å². The standard InChI is InChI=1S/C27H36N2O4/c1-18(2)13-21(26(31)28-3)16-24(30)25(14-19-9-5-4-6-10-19)33-27(32)22-15-20-11-7-8-12-23(20)29-17-22/h4-6,9-10,15,17-18,21,24-25,30H,7-8,11-14,16H2,1-3H3,(H,28,31)/t21-,24+,25+/m1/s1. The average Bonchev–Trinajstić information content (AvgIpc) is 2.82. The number of aromatic nitrogens is 1. The lowest BCUT2D eigenvalue weighted by Gasteiger charge is -2.27. The van der Waals surface area contributed by atoms with Gasteiger partial charge in [0.2, 0.25) is 5.91 Å². The quantitative estimate of drug-likeness (QED) is 0.534. The molecule has 1 aromatic carbocycles. The number of amides is 1. The molecule has 0 saturated heterocycles. The van der Waals surface area contributed by atoms with Crippen molar-refractivity contribution in [2.75, 3.05) is 7.05 Å². The Labute approximate surface area is 196 Å². The molecule has 33 heavy (non-hydrogen) atoms. The van der Waals surface area contributed by atoms with Crippen molar-refractivity contribution >= 4 is 11.9 Å². The highest BCUT2D eigenvalue weighted by molar-refractivity contribution is 5.89. The predicted molar refractivity (Wildman–Crippen MR) is 128 cm³/mol. The molecule has 0 fully saturated rings. The molecular weight excluding hydrogens is 416 g/mol. The SMILES string of the molecule is CNC(=O)[C@H](CC(C)C)C[C@H](O)[C@H](Cc1ccccc1)OC(=O)c1cnc2c(c1)CCCC2. The van der Waals surface area contributed by atoms with Gasteiger partial charge in [0, 0.05) is 31.3 Å². The zero-order chi connectivity index (χ0) is 23.8. The molecule has 6 heteroatoms. The summed E-state index contributed by atoms with van der Waals surface area (Å²) in [6, 6.07) is 11.5. The maximum Gasteiger partial charge on any atom is 0.340 e. The first kappa shape index (κ1) is 24.9. The van der Waals surface area contributed by atoms with Crippen LogP contribution in [-0.4, -0.2) is 41.2 Å². The number of benzene rings is 1. The number of rotatable bonds is 10. The first-order chi connectivity index (χ1) is 15.9. The first-order valence-electron chi connectivity index (χ1n) is 12.0. The number of aryl methyl sites for hydroxylation is 2. The molecular formula is C27H36N2O4. The summed E-state index contributed by atoms with van der Waals surface area (Å²) in [6.45, 7) is 4.10. The zero-order valence-electron chi connectivity index (χ0n) is 19.9. The summed E-state index contributed by atoms with van der Waals surface area (Å²) in [4.78, 5) is 29.9. The van der Waals surface area contributed by atoms with Gasteiger partial charge in [-0.3, -0.25) is 9.78 Å². The van der Waals surface area contributed by atoms with E-state index in [1.807, 2.05) is 50.2 Å². The summed E-state index contributed by atoms with van der Waals surface area (Å²) in [5.74, 6) is -0.647. The summed E-state index contributed by atoms with van der Waals surface area (Å²) in [5, 5.41) is 13.8. The van der Waals surface area contributed by atoms with Gasteiger partial charge in [0.1, 0.15) is 6.10 Å². The molecule has 1 heterocycles. The maximum atomic E-state index is 13.0. The van der Waals surface area contributed by atoms with Crippen LogP contribution in [0.15, 0.2) is 42.6 Å². The minimum absolute atomic E-state index is 0.105. The molecule has 2 N–H and O–H groups in total. The fourth-order valence-electron chi connectivity index (χ4n) is 4.53. The van der Waals surface area contributed by atoms with Crippen LogP contribution in [0.3, 0.4) is 0 Å². The summed E-state index contributed by atoms with van der Waals surface area (Å²) in [5.41, 5.74) is 3.53. The number of pyridine rings is 1. The summed E-state index contributed by atoms with van der Waals surface area (Å²) in [6.07, 6.45) is 5.16. The van der Waals surface area contributed by atoms with Crippen molar-refractivity contribution < 1.29 is 19.4 Å². The number of esters is 1. The predicted octanol–water partition coefficient (Wildman–Crippen LogP) is 3.89. The molecule has 0 spiro atoms. The van der Waals surface area contributed by atoms with E-state index in [4.69, 9.17) is 4.74 Å². The van der Waals surface area contributed by atoms with Crippen molar-refractivity contribution in [3.8, 4) is 0 Å². The first-order valence-corrected chi connectivity index (χ1v) is 12.0. The van der Waals surface area contributed by atoms with Gasteiger partial charge in [-0.25, -0.2) is 4.79 Å². The van der Waals surface area contributed by atoms with E-state index in [0.29, 0.717) is 24.3 Å². The van der Waals surface area contributed by atoms with E-state index < -0.39 is 18.2 Å². The number of hydrogen-bond acceptors (Lipinski definition) is 5. The van der Waals surface area contributed by atoms with Crippen molar-refractivity contribution in [3.63, 3.8) is 0 Å². The number of fused-ring (bicyclic) bond motifs is 1. The van der Waals surface area contributed by atoms with Crippen molar-refractivity contribution in [2.24, 2.45) is 11.8 Å². The monoisotopic (exact) mass is 452 g/mol. The number of carbonyl (C=O) groups excluding carboxylic acids is 2. The van der Waals surface area contributed by atoms with Crippen LogP contribution in [-0.2, 0) is 28.8 Å². The molecule has 1 aliphatic carbocycles. The van der Waals surface area contributed by atoms with E-state index in [1.165, 1.54) is 0 Å². The van der Waals surface area contributed by atoms with Crippen LogP contribution in [0, 0.1) is 11.8 Å². The van der Waals surface area contributed by atoms with Crippen LogP contribution < -0.4 is 5.32 Å². The molecule has 0 unspecified atom stereocenters. The third-order valence-electron chi connectivity index (χ3n) is 6.27. The van der Waals surface area contributed by atoms with E-state index in [2.05, 4.69) is 10.3 Å². The summed E-state index contributed by atoms with van der Waals surface area (Å²) < 4.78 is 5.85. The number of ether oxygens (including phenoxy) is 1. The van der Waals surface area contributed by atoms with Crippen LogP contribution in [0.2, 0.25) is 0 Å². The Kier molecular flexibility index (Phi) is 9.01. The summed E-state index contributed by atoms with van der Waals surface area (Å²) >= 11 is 0. The fraction of sp³-hybridized carbons (Fsp3) is 0.519. The molecule has 3 rings (SSSR count). The van der Waals surface area contributed by atoms with E-state index in [-0.39, 0.29) is 18.2 Å². The van der Waals surface area contributed by atoms with Gasteiger partial charge in [-0.15, -0.1) is 0 Å². The highest BCUT2D eigenvalue weighted by Gasteiger charge is 2.30. The number of aliphatic hydroxyl groups excluding tert-OH is 1. The number of nitrogens with one attached hydrogen (secondary N) is 1. The number of nitrogens with zero attached hydrogens (tertiary/aromatic N) is 1. The normalized spacial score (nSPS) is 15.9. The largest absolute Gasteiger partial charge is 0.456 e. The molecule has 1 amide bonds. The van der Waals surface area contributed by atoms with Crippen LogP contribution >= 0.6 is 0 Å². The van der Waals surface area contributed by atoms with Crippen molar-refractivity contribution in [1.29, 1.82) is 0 Å². The molecule has 0 saturated carbocycles. The lowest BCUT2D eigenvalue weighted by molar-refractivity contribution is -0.126. The molecule has 3 atom stereocenters. The highest BCUT2D eigenvalue weighted by Crippen LogP contribution is 2.24. The van der Waals surface area contributed by atoms with Gasteiger partial charge < -0.3 is 15.2 Å². The second kappa shape index (κ2) is 11.9. The minimum atomic E-state index is -0.971. The topological polar surface area (TPSA) is 88.5 Å². The molecule has 6 nitrogen and oxygen atoms in total. The molecule has 2 aromatic rings. The smallest absolute Gasteiger partial charge is 0.340 e. The van der Waals surface area contributed by atoms with Gasteiger partial charge in [-0.1, -0.05) is 44.2 Å². The molecule has 0 aliphatic heterocycles. The minimum Gasteiger partial charge on any atom is -0.456 e. The second-order valence-electron chi connectivity index (χ2n) is 9.41. The molecule has 1 aromatic heterocycles. The molecule has 1 aliphatic rings. The van der Waals surface area contributed by atoms with Gasteiger partial charge in [0.15, 0.2) is 0 Å². The van der Waals surface area contributed by atoms with Gasteiger partial charge in [0.25, 0.3) is 0 Å². The lowest BCUT2D eigenvalue weighted by atomic mass is 9.88. The third kappa shape index (κ3) is 7.13. The Hall–Kier alpha value is -2.73. The molecule has 0 radical (unpaired) electrons. The fourth-order valence-corrected chi connectivity index (χ4v) is 4.53. The maximum absolute atomic E-state index is 13.0. The van der Waals surface area contributed by atoms with E-state index in [1.54, 1.807) is 13.2 Å². The third-order valence-corrected chi connectivity index (χ3v) is 6.27. The molecule has 0 bridgehead atoms. The van der Waals surface area contributed by atoms with Crippen LogP contribution in [0.4, 0.5) is 0 Å². The summed E-state index contributed by atoms with van der Waals surface area (Å²) in [7, 11) is 1.60. The Morgan fingerprint density at radius 1 is 1.12 bits per heavy atom. The van der Waals surface area contributed by atoms with E-state index >= 15 is 0 Å². The van der Waals surface area contributed by atoms with Crippen LogP contribution in [0.25, 0.3) is 0 Å². The van der Waals surface area contributed by atoms with Gasteiger partial charge >= 0.3 is 5.97 Å². The van der Waals surface area contributed by atoms with Gasteiger partial charge in [-0.2, -0.15) is 0 Å². The molecule has 178 valence electrons.